The fourth-order valence-corrected chi connectivity index (χ4v) is 3.52. The zero-order chi connectivity index (χ0) is 14.7. The molecule has 0 saturated carbocycles. The van der Waals surface area contributed by atoms with Crippen molar-refractivity contribution in [2.45, 2.75) is 25.8 Å². The van der Waals surface area contributed by atoms with Gasteiger partial charge in [0.1, 0.15) is 0 Å². The summed E-state index contributed by atoms with van der Waals surface area (Å²) in [5, 5.41) is 9.17. The van der Waals surface area contributed by atoms with E-state index in [4.69, 9.17) is 4.74 Å². The minimum Gasteiger partial charge on any atom is -0.381 e. The molecule has 1 aromatic heterocycles. The number of hydrogen-bond acceptors (Lipinski definition) is 3. The van der Waals surface area contributed by atoms with Gasteiger partial charge in [-0.1, -0.05) is 0 Å². The maximum absolute atomic E-state index is 12.1. The Morgan fingerprint density at radius 2 is 2.14 bits per heavy atom. The van der Waals surface area contributed by atoms with Gasteiger partial charge in [0.25, 0.3) is 0 Å². The first-order chi connectivity index (χ1) is 10.2. The highest BCUT2D eigenvalue weighted by atomic mass is 32.1. The van der Waals surface area contributed by atoms with E-state index < -0.39 is 0 Å². The number of thiophene rings is 1. The largest absolute Gasteiger partial charge is 0.381 e. The molecule has 0 spiro atoms. The third-order valence-electron chi connectivity index (χ3n) is 4.04. The minimum atomic E-state index is -0.136. The van der Waals surface area contributed by atoms with Gasteiger partial charge in [0.15, 0.2) is 0 Å². The second-order valence-electron chi connectivity index (χ2n) is 5.51. The Labute approximate surface area is 128 Å². The molecule has 112 valence electrons. The molecule has 5 heteroatoms. The van der Waals surface area contributed by atoms with Crippen molar-refractivity contribution >= 4 is 33.1 Å². The van der Waals surface area contributed by atoms with Crippen molar-refractivity contribution in [2.24, 2.45) is 5.92 Å². The summed E-state index contributed by atoms with van der Waals surface area (Å²) in [7, 11) is 0. The lowest BCUT2D eigenvalue weighted by atomic mass is 9.93. The zero-order valence-electron chi connectivity index (χ0n) is 12.1. The summed E-state index contributed by atoms with van der Waals surface area (Å²) in [6.45, 7) is 3.66. The SMILES string of the molecule is C[C@@H](NC(=O)Nc1ccc2sccc2c1)C1CCOCC1. The molecule has 0 unspecified atom stereocenters. The molecular weight excluding hydrogens is 284 g/mol. The fraction of sp³-hybridized carbons (Fsp3) is 0.438. The number of rotatable bonds is 3. The first-order valence-electron chi connectivity index (χ1n) is 7.35. The highest BCUT2D eigenvalue weighted by Crippen LogP contribution is 2.24. The number of benzene rings is 1. The molecule has 2 amide bonds. The van der Waals surface area contributed by atoms with E-state index in [1.807, 2.05) is 18.2 Å². The quantitative estimate of drug-likeness (QED) is 0.905. The topological polar surface area (TPSA) is 50.4 Å². The molecule has 0 bridgehead atoms. The van der Waals surface area contributed by atoms with Crippen LogP contribution in [0.2, 0.25) is 0 Å². The number of carbonyl (C=O) groups is 1. The van der Waals surface area contributed by atoms with Crippen LogP contribution in [-0.4, -0.2) is 25.3 Å². The van der Waals surface area contributed by atoms with E-state index in [1.54, 1.807) is 11.3 Å². The lowest BCUT2D eigenvalue weighted by Gasteiger charge is -2.28. The van der Waals surface area contributed by atoms with Crippen LogP contribution in [0.4, 0.5) is 10.5 Å². The Morgan fingerprint density at radius 3 is 2.95 bits per heavy atom. The number of fused-ring (bicyclic) bond motifs is 1. The van der Waals surface area contributed by atoms with Gasteiger partial charge in [-0.05, 0) is 60.7 Å². The molecule has 0 radical (unpaired) electrons. The van der Waals surface area contributed by atoms with Gasteiger partial charge in [0, 0.05) is 29.6 Å². The molecule has 1 aromatic carbocycles. The summed E-state index contributed by atoms with van der Waals surface area (Å²) in [6, 6.07) is 8.08. The fourth-order valence-electron chi connectivity index (χ4n) is 2.75. The molecule has 2 heterocycles. The smallest absolute Gasteiger partial charge is 0.319 e. The molecule has 1 aliphatic rings. The van der Waals surface area contributed by atoms with Crippen LogP contribution < -0.4 is 10.6 Å². The van der Waals surface area contributed by atoms with Gasteiger partial charge in [0.2, 0.25) is 0 Å². The number of ether oxygens (including phenoxy) is 1. The summed E-state index contributed by atoms with van der Waals surface area (Å²) in [4.78, 5) is 12.1. The number of hydrogen-bond donors (Lipinski definition) is 2. The average molecular weight is 304 g/mol. The molecule has 1 fully saturated rings. The van der Waals surface area contributed by atoms with E-state index >= 15 is 0 Å². The number of amides is 2. The van der Waals surface area contributed by atoms with Crippen LogP contribution in [0.1, 0.15) is 19.8 Å². The third-order valence-corrected chi connectivity index (χ3v) is 4.94. The van der Waals surface area contributed by atoms with Crippen LogP contribution in [0.5, 0.6) is 0 Å². The van der Waals surface area contributed by atoms with Crippen molar-refractivity contribution in [1.82, 2.24) is 5.32 Å². The molecule has 1 saturated heterocycles. The van der Waals surface area contributed by atoms with Crippen LogP contribution in [0.15, 0.2) is 29.6 Å². The summed E-state index contributed by atoms with van der Waals surface area (Å²) < 4.78 is 6.59. The number of anilines is 1. The Kier molecular flexibility index (Phi) is 4.41. The van der Waals surface area contributed by atoms with E-state index in [9.17, 15) is 4.79 Å². The molecule has 0 aliphatic carbocycles. The van der Waals surface area contributed by atoms with Gasteiger partial charge in [-0.25, -0.2) is 4.79 Å². The lowest BCUT2D eigenvalue weighted by molar-refractivity contribution is 0.0573. The predicted octanol–water partition coefficient (Wildman–Crippen LogP) is 3.84. The summed E-state index contributed by atoms with van der Waals surface area (Å²) >= 11 is 1.70. The molecule has 4 nitrogen and oxygen atoms in total. The van der Waals surface area contributed by atoms with Crippen molar-refractivity contribution in [3.63, 3.8) is 0 Å². The van der Waals surface area contributed by atoms with Crippen molar-refractivity contribution in [3.05, 3.63) is 29.6 Å². The van der Waals surface area contributed by atoms with Crippen LogP contribution in [-0.2, 0) is 4.74 Å². The molecular formula is C16H20N2O2S. The van der Waals surface area contributed by atoms with E-state index in [1.165, 1.54) is 4.70 Å². The van der Waals surface area contributed by atoms with Gasteiger partial charge in [0.05, 0.1) is 0 Å². The molecule has 3 rings (SSSR count). The number of nitrogens with one attached hydrogen (secondary N) is 2. The van der Waals surface area contributed by atoms with E-state index in [0.717, 1.165) is 37.1 Å². The number of urea groups is 1. The summed E-state index contributed by atoms with van der Waals surface area (Å²) in [5.74, 6) is 0.504. The van der Waals surface area contributed by atoms with E-state index in [2.05, 4.69) is 29.0 Å². The highest BCUT2D eigenvalue weighted by Gasteiger charge is 2.21. The first-order valence-corrected chi connectivity index (χ1v) is 8.23. The third kappa shape index (κ3) is 3.54. The van der Waals surface area contributed by atoms with Crippen LogP contribution in [0.25, 0.3) is 10.1 Å². The molecule has 21 heavy (non-hydrogen) atoms. The molecule has 1 atom stereocenters. The van der Waals surface area contributed by atoms with E-state index in [-0.39, 0.29) is 12.1 Å². The monoisotopic (exact) mass is 304 g/mol. The predicted molar refractivity (Wildman–Crippen MR) is 87.0 cm³/mol. The van der Waals surface area contributed by atoms with Crippen molar-refractivity contribution < 1.29 is 9.53 Å². The molecule has 2 N–H and O–H groups in total. The van der Waals surface area contributed by atoms with Crippen molar-refractivity contribution in [3.8, 4) is 0 Å². The van der Waals surface area contributed by atoms with Crippen LogP contribution in [0.3, 0.4) is 0 Å². The Hall–Kier alpha value is -1.59. The van der Waals surface area contributed by atoms with Gasteiger partial charge in [-0.2, -0.15) is 0 Å². The summed E-state index contributed by atoms with van der Waals surface area (Å²) in [6.07, 6.45) is 2.03. The van der Waals surface area contributed by atoms with Gasteiger partial charge in [-0.15, -0.1) is 11.3 Å². The highest BCUT2D eigenvalue weighted by molar-refractivity contribution is 7.17. The maximum atomic E-state index is 12.1. The van der Waals surface area contributed by atoms with E-state index in [0.29, 0.717) is 5.92 Å². The maximum Gasteiger partial charge on any atom is 0.319 e. The second-order valence-corrected chi connectivity index (χ2v) is 6.46. The number of carbonyl (C=O) groups excluding carboxylic acids is 1. The lowest BCUT2D eigenvalue weighted by Crippen LogP contribution is -2.42. The van der Waals surface area contributed by atoms with Gasteiger partial charge in [-0.3, -0.25) is 0 Å². The normalized spacial score (nSPS) is 17.6. The van der Waals surface area contributed by atoms with Gasteiger partial charge >= 0.3 is 6.03 Å². The van der Waals surface area contributed by atoms with Crippen LogP contribution in [0, 0.1) is 5.92 Å². The second kappa shape index (κ2) is 6.45. The molecule has 1 aliphatic heterocycles. The summed E-state index contributed by atoms with van der Waals surface area (Å²) in [5.41, 5.74) is 0.831. The zero-order valence-corrected chi connectivity index (χ0v) is 12.9. The standard InChI is InChI=1S/C16H20N2O2S/c1-11(12-4-7-20-8-5-12)17-16(19)18-14-2-3-15-13(10-14)6-9-21-15/h2-3,6,9-12H,4-5,7-8H2,1H3,(H2,17,18,19)/t11-/m1/s1. The first kappa shape index (κ1) is 14.4. The Morgan fingerprint density at radius 1 is 1.33 bits per heavy atom. The molecule has 2 aromatic rings. The van der Waals surface area contributed by atoms with Crippen molar-refractivity contribution in [1.29, 1.82) is 0 Å². The minimum absolute atomic E-state index is 0.136. The average Bonchev–Trinajstić information content (AvgIpc) is 2.95. The Bertz CT molecular complexity index is 620. The van der Waals surface area contributed by atoms with Crippen molar-refractivity contribution in [2.75, 3.05) is 18.5 Å². The van der Waals surface area contributed by atoms with Gasteiger partial charge < -0.3 is 15.4 Å². The Balaban J connectivity index is 1.57. The van der Waals surface area contributed by atoms with Crippen LogP contribution >= 0.6 is 11.3 Å².